The second kappa shape index (κ2) is 13.6. The molecule has 39 heavy (non-hydrogen) atoms. The second-order valence-electron chi connectivity index (χ2n) is 8.85. The number of rotatable bonds is 8. The van der Waals surface area contributed by atoms with Crippen molar-refractivity contribution in [3.63, 3.8) is 0 Å². The molecular formula is C25H33F3N4O6S. The summed E-state index contributed by atoms with van der Waals surface area (Å²) in [6.07, 6.45) is -5.08. The van der Waals surface area contributed by atoms with Gasteiger partial charge in [0, 0.05) is 45.4 Å². The second-order valence-corrected chi connectivity index (χ2v) is 10.5. The quantitative estimate of drug-likeness (QED) is 0.354. The lowest BCUT2D eigenvalue weighted by Crippen LogP contribution is -2.43. The molecule has 10 nitrogen and oxygen atoms in total. The minimum atomic E-state index is -5.08. The van der Waals surface area contributed by atoms with Gasteiger partial charge in [-0.3, -0.25) is 9.52 Å². The molecule has 0 spiro atoms. The van der Waals surface area contributed by atoms with Crippen LogP contribution in [0.1, 0.15) is 27.0 Å². The fourth-order valence-electron chi connectivity index (χ4n) is 4.10. The van der Waals surface area contributed by atoms with Crippen molar-refractivity contribution in [3.05, 3.63) is 52.6 Å². The van der Waals surface area contributed by atoms with Crippen LogP contribution in [-0.2, 0) is 19.6 Å². The van der Waals surface area contributed by atoms with Crippen molar-refractivity contribution in [2.24, 2.45) is 0 Å². The van der Waals surface area contributed by atoms with E-state index in [9.17, 15) is 26.4 Å². The Morgan fingerprint density at radius 1 is 1.08 bits per heavy atom. The number of amides is 1. The number of aryl methyl sites for hydroxylation is 3. The number of halogens is 3. The summed E-state index contributed by atoms with van der Waals surface area (Å²) in [6, 6.07) is 8.86. The summed E-state index contributed by atoms with van der Waals surface area (Å²) in [5, 5.41) is 13.2. The molecule has 1 aliphatic rings. The third kappa shape index (κ3) is 9.11. The third-order valence-corrected chi connectivity index (χ3v) is 7.34. The minimum Gasteiger partial charge on any atom is -0.475 e. The van der Waals surface area contributed by atoms with Gasteiger partial charge < -0.3 is 25.4 Å². The van der Waals surface area contributed by atoms with Gasteiger partial charge in [-0.25, -0.2) is 13.2 Å². The van der Waals surface area contributed by atoms with Gasteiger partial charge in [0.2, 0.25) is 0 Å². The summed E-state index contributed by atoms with van der Waals surface area (Å²) < 4.78 is 66.3. The average Bonchev–Trinajstić information content (AvgIpc) is 2.83. The van der Waals surface area contributed by atoms with Crippen LogP contribution in [0.5, 0.6) is 0 Å². The van der Waals surface area contributed by atoms with E-state index in [-0.39, 0.29) is 10.8 Å². The normalized spacial score (nSPS) is 13.8. The van der Waals surface area contributed by atoms with E-state index >= 15 is 0 Å². The molecule has 0 aromatic heterocycles. The summed E-state index contributed by atoms with van der Waals surface area (Å²) >= 11 is 0. The Kier molecular flexibility index (Phi) is 11.1. The molecule has 1 amide bonds. The number of hydrogen-bond acceptors (Lipinski definition) is 7. The lowest BCUT2D eigenvalue weighted by Gasteiger charge is -2.31. The first-order valence-electron chi connectivity index (χ1n) is 11.9. The van der Waals surface area contributed by atoms with Gasteiger partial charge in [0.05, 0.1) is 22.9 Å². The van der Waals surface area contributed by atoms with Gasteiger partial charge in [0.25, 0.3) is 15.9 Å². The first-order valence-corrected chi connectivity index (χ1v) is 13.4. The number of ether oxygens (including phenoxy) is 1. The number of carboxylic acids is 1. The summed E-state index contributed by atoms with van der Waals surface area (Å²) in [4.78, 5) is 23.9. The number of carbonyl (C=O) groups excluding carboxylic acids is 1. The highest BCUT2D eigenvalue weighted by atomic mass is 32.2. The van der Waals surface area contributed by atoms with E-state index in [0.717, 1.165) is 37.4 Å². The first kappa shape index (κ1) is 31.9. The number of carbonyl (C=O) groups is 2. The van der Waals surface area contributed by atoms with Gasteiger partial charge in [0.1, 0.15) is 0 Å². The highest BCUT2D eigenvalue weighted by molar-refractivity contribution is 7.92. The van der Waals surface area contributed by atoms with Crippen molar-refractivity contribution in [2.45, 2.75) is 31.8 Å². The maximum absolute atomic E-state index is 13.4. The monoisotopic (exact) mass is 574 g/mol. The number of benzene rings is 2. The molecule has 0 radical (unpaired) electrons. The molecule has 1 fully saturated rings. The Bertz CT molecular complexity index is 1260. The molecule has 0 aliphatic carbocycles. The molecule has 1 aliphatic heterocycles. The van der Waals surface area contributed by atoms with Crippen LogP contribution in [0.2, 0.25) is 0 Å². The fourth-order valence-corrected chi connectivity index (χ4v) is 5.62. The largest absolute Gasteiger partial charge is 0.490 e. The lowest BCUT2D eigenvalue weighted by atomic mass is 10.1. The van der Waals surface area contributed by atoms with Gasteiger partial charge in [-0.1, -0.05) is 17.7 Å². The maximum Gasteiger partial charge on any atom is 0.490 e. The number of nitrogens with zero attached hydrogens (tertiary/aromatic N) is 1. The van der Waals surface area contributed by atoms with Gasteiger partial charge in [-0.15, -0.1) is 0 Å². The van der Waals surface area contributed by atoms with Crippen molar-refractivity contribution in [2.75, 3.05) is 56.1 Å². The highest BCUT2D eigenvalue weighted by Gasteiger charge is 2.38. The third-order valence-electron chi connectivity index (χ3n) is 5.67. The number of sulfonamides is 1. The minimum absolute atomic E-state index is 0.268. The fraction of sp³-hybridized carbons (Fsp3) is 0.440. The first-order chi connectivity index (χ1) is 18.2. The predicted molar refractivity (Wildman–Crippen MR) is 141 cm³/mol. The number of alkyl halides is 3. The zero-order valence-electron chi connectivity index (χ0n) is 22.1. The molecule has 14 heteroatoms. The Labute approximate surface area is 225 Å². The zero-order chi connectivity index (χ0) is 29.4. The molecule has 1 saturated heterocycles. The smallest absolute Gasteiger partial charge is 0.475 e. The molecule has 4 N–H and O–H groups in total. The van der Waals surface area contributed by atoms with Gasteiger partial charge in [0.15, 0.2) is 0 Å². The van der Waals surface area contributed by atoms with E-state index in [1.54, 1.807) is 33.1 Å². The number of piperazine rings is 1. The molecule has 2 aromatic rings. The maximum atomic E-state index is 13.4. The van der Waals surface area contributed by atoms with Crippen LogP contribution in [0.25, 0.3) is 0 Å². The zero-order valence-corrected chi connectivity index (χ0v) is 22.9. The van der Waals surface area contributed by atoms with Crippen LogP contribution >= 0.6 is 0 Å². The summed E-state index contributed by atoms with van der Waals surface area (Å²) in [5.74, 6) is -3.04. The number of aliphatic carboxylic acids is 1. The number of anilines is 2. The molecule has 1 heterocycles. The summed E-state index contributed by atoms with van der Waals surface area (Å²) in [5.41, 5.74) is 3.92. The van der Waals surface area contributed by atoms with E-state index in [1.165, 1.54) is 0 Å². The van der Waals surface area contributed by atoms with E-state index < -0.39 is 22.2 Å². The standard InChI is InChI=1S/C23H32N4O4S.C2HF3O2/c1-16-13-17(2)22(18(3)14-16)32(29,30)26-20-15-19(23(28)25-9-12-31-4)5-6-21(20)27-10-7-24-8-11-27;3-2(4,5)1(6)7/h5-6,13-15,24,26H,7-12H2,1-4H3,(H,25,28);(H,6,7). The van der Waals surface area contributed by atoms with Crippen LogP contribution in [0.15, 0.2) is 35.2 Å². The van der Waals surface area contributed by atoms with Crippen molar-refractivity contribution in [3.8, 4) is 0 Å². The van der Waals surface area contributed by atoms with E-state index in [0.29, 0.717) is 35.5 Å². The highest BCUT2D eigenvalue weighted by Crippen LogP contribution is 2.31. The number of carboxylic acid groups (broad SMARTS) is 1. The van der Waals surface area contributed by atoms with Crippen LogP contribution in [0.3, 0.4) is 0 Å². The van der Waals surface area contributed by atoms with E-state index in [2.05, 4.69) is 20.3 Å². The number of nitrogens with one attached hydrogen (secondary N) is 3. The number of hydrogen-bond donors (Lipinski definition) is 4. The van der Waals surface area contributed by atoms with Gasteiger partial charge >= 0.3 is 12.1 Å². The molecule has 0 saturated carbocycles. The molecule has 0 atom stereocenters. The van der Waals surface area contributed by atoms with E-state index in [1.807, 2.05) is 25.1 Å². The van der Waals surface area contributed by atoms with Crippen molar-refractivity contribution in [1.29, 1.82) is 0 Å². The number of methoxy groups -OCH3 is 1. The topological polar surface area (TPSA) is 137 Å². The molecular weight excluding hydrogens is 541 g/mol. The van der Waals surface area contributed by atoms with Crippen LogP contribution in [-0.4, -0.2) is 78.0 Å². The Hall–Kier alpha value is -3.36. The lowest BCUT2D eigenvalue weighted by molar-refractivity contribution is -0.192. The Morgan fingerprint density at radius 2 is 1.64 bits per heavy atom. The summed E-state index contributed by atoms with van der Waals surface area (Å²) in [6.45, 7) is 9.42. The van der Waals surface area contributed by atoms with Crippen LogP contribution < -0.4 is 20.3 Å². The molecule has 216 valence electrons. The molecule has 2 aromatic carbocycles. The van der Waals surface area contributed by atoms with Gasteiger partial charge in [-0.05, 0) is 50.1 Å². The molecule has 3 rings (SSSR count). The van der Waals surface area contributed by atoms with Gasteiger partial charge in [-0.2, -0.15) is 13.2 Å². The van der Waals surface area contributed by atoms with Crippen molar-refractivity contribution in [1.82, 2.24) is 10.6 Å². The van der Waals surface area contributed by atoms with Crippen LogP contribution in [0, 0.1) is 20.8 Å². The molecule has 0 bridgehead atoms. The summed E-state index contributed by atoms with van der Waals surface area (Å²) in [7, 11) is -2.29. The van der Waals surface area contributed by atoms with Crippen molar-refractivity contribution >= 4 is 33.3 Å². The average molecular weight is 575 g/mol. The van der Waals surface area contributed by atoms with Crippen molar-refractivity contribution < 1.29 is 41.0 Å². The van der Waals surface area contributed by atoms with E-state index in [4.69, 9.17) is 14.6 Å². The Balaban J connectivity index is 0.000000673. The van der Waals surface area contributed by atoms with Crippen LogP contribution in [0.4, 0.5) is 24.5 Å². The molecule has 0 unspecified atom stereocenters. The Morgan fingerprint density at radius 3 is 2.15 bits per heavy atom. The predicted octanol–water partition coefficient (Wildman–Crippen LogP) is 2.83. The SMILES string of the molecule is COCCNC(=O)c1ccc(N2CCNCC2)c(NS(=O)(=O)c2c(C)cc(C)cc2C)c1.O=C(O)C(F)(F)F.